The van der Waals surface area contributed by atoms with Gasteiger partial charge in [-0.05, 0) is 36.6 Å². The lowest BCUT2D eigenvalue weighted by Gasteiger charge is -2.16. The summed E-state index contributed by atoms with van der Waals surface area (Å²) in [4.78, 5) is 15.9. The van der Waals surface area contributed by atoms with Gasteiger partial charge in [-0.25, -0.2) is 0 Å². The zero-order valence-corrected chi connectivity index (χ0v) is 14.5. The highest BCUT2D eigenvalue weighted by Crippen LogP contribution is 2.51. The molecule has 1 aliphatic rings. The summed E-state index contributed by atoms with van der Waals surface area (Å²) in [6.07, 6.45) is 4.76. The first-order valence-electron chi connectivity index (χ1n) is 7.58. The van der Waals surface area contributed by atoms with Crippen LogP contribution in [0.4, 0.5) is 0 Å². The third kappa shape index (κ3) is 2.37. The number of aromatic amines is 1. The first-order valence-corrected chi connectivity index (χ1v) is 8.37. The van der Waals surface area contributed by atoms with Gasteiger partial charge in [0.15, 0.2) is 0 Å². The molecule has 1 amide bonds. The van der Waals surface area contributed by atoms with Crippen molar-refractivity contribution >= 4 is 32.7 Å². The van der Waals surface area contributed by atoms with Crippen LogP contribution in [0.2, 0.25) is 0 Å². The molecular weight excluding hydrogens is 356 g/mol. The fraction of sp³-hybridized carbons (Fsp3) is 0.294. The van der Waals surface area contributed by atoms with Crippen LogP contribution in [0.3, 0.4) is 0 Å². The monoisotopic (exact) mass is 372 g/mol. The van der Waals surface area contributed by atoms with Crippen LogP contribution in [-0.4, -0.2) is 20.7 Å². The van der Waals surface area contributed by atoms with E-state index in [4.69, 9.17) is 0 Å². The molecule has 4 rings (SSSR count). The number of H-pyrrole nitrogens is 1. The Morgan fingerprint density at radius 3 is 2.91 bits per heavy atom. The molecule has 1 aliphatic carbocycles. The molecule has 2 heterocycles. The average molecular weight is 373 g/mol. The predicted octanol–water partition coefficient (Wildman–Crippen LogP) is 3.33. The maximum atomic E-state index is 12.7. The zero-order valence-electron chi connectivity index (χ0n) is 12.9. The van der Waals surface area contributed by atoms with Gasteiger partial charge < -0.3 is 10.3 Å². The number of hydrogen-bond donors (Lipinski definition) is 2. The number of aromatic nitrogens is 3. The lowest BCUT2D eigenvalue weighted by atomic mass is 10.1. The SMILES string of the molecule is C[C@H]1CC1(NC(=O)c1cc2cc(Br)ccc2[nH]1)c1cnn(C)c1. The van der Waals surface area contributed by atoms with Crippen molar-refractivity contribution < 1.29 is 4.79 Å². The second-order valence-electron chi connectivity index (χ2n) is 6.35. The minimum atomic E-state index is -0.288. The number of benzene rings is 1. The van der Waals surface area contributed by atoms with Crippen LogP contribution in [0.15, 0.2) is 41.1 Å². The Kier molecular flexibility index (Phi) is 3.13. The van der Waals surface area contributed by atoms with Crippen molar-refractivity contribution in [2.75, 3.05) is 0 Å². The Hall–Kier alpha value is -2.08. The van der Waals surface area contributed by atoms with Crippen molar-refractivity contribution in [2.24, 2.45) is 13.0 Å². The second-order valence-corrected chi connectivity index (χ2v) is 7.26. The van der Waals surface area contributed by atoms with E-state index in [9.17, 15) is 4.79 Å². The maximum Gasteiger partial charge on any atom is 0.268 e. The summed E-state index contributed by atoms with van der Waals surface area (Å²) in [5, 5.41) is 8.45. The Morgan fingerprint density at radius 1 is 1.48 bits per heavy atom. The molecule has 0 saturated heterocycles. The second kappa shape index (κ2) is 4.96. The Labute approximate surface area is 142 Å². The fourth-order valence-electron chi connectivity index (χ4n) is 3.22. The number of fused-ring (bicyclic) bond motifs is 1. The Bertz CT molecular complexity index is 912. The number of halogens is 1. The lowest BCUT2D eigenvalue weighted by Crippen LogP contribution is -2.36. The van der Waals surface area contributed by atoms with E-state index in [2.05, 4.69) is 38.3 Å². The quantitative estimate of drug-likeness (QED) is 0.740. The molecule has 2 atom stereocenters. The lowest BCUT2D eigenvalue weighted by molar-refractivity contribution is 0.0923. The van der Waals surface area contributed by atoms with Crippen LogP contribution in [0.25, 0.3) is 10.9 Å². The highest BCUT2D eigenvalue weighted by atomic mass is 79.9. The van der Waals surface area contributed by atoms with Gasteiger partial charge in [0, 0.05) is 34.2 Å². The summed E-state index contributed by atoms with van der Waals surface area (Å²) >= 11 is 3.45. The van der Waals surface area contributed by atoms with E-state index < -0.39 is 0 Å². The minimum absolute atomic E-state index is 0.0782. The van der Waals surface area contributed by atoms with Crippen LogP contribution >= 0.6 is 15.9 Å². The van der Waals surface area contributed by atoms with Crippen molar-refractivity contribution in [1.82, 2.24) is 20.1 Å². The molecule has 0 aliphatic heterocycles. The fourth-order valence-corrected chi connectivity index (χ4v) is 3.60. The molecule has 1 fully saturated rings. The molecule has 5 nitrogen and oxygen atoms in total. The molecule has 6 heteroatoms. The summed E-state index contributed by atoms with van der Waals surface area (Å²) in [7, 11) is 1.89. The van der Waals surface area contributed by atoms with Crippen LogP contribution < -0.4 is 5.32 Å². The van der Waals surface area contributed by atoms with Crippen molar-refractivity contribution in [3.8, 4) is 0 Å². The van der Waals surface area contributed by atoms with Crippen LogP contribution in [-0.2, 0) is 12.6 Å². The van der Waals surface area contributed by atoms with Crippen LogP contribution in [0.1, 0.15) is 29.4 Å². The summed E-state index contributed by atoms with van der Waals surface area (Å²) in [5.74, 6) is 0.333. The van der Waals surface area contributed by atoms with Crippen molar-refractivity contribution in [3.05, 3.63) is 52.4 Å². The van der Waals surface area contributed by atoms with E-state index in [0.29, 0.717) is 11.6 Å². The number of carbonyl (C=O) groups excluding carboxylic acids is 1. The van der Waals surface area contributed by atoms with E-state index >= 15 is 0 Å². The molecule has 1 unspecified atom stereocenters. The van der Waals surface area contributed by atoms with Gasteiger partial charge in [0.1, 0.15) is 5.69 Å². The molecule has 118 valence electrons. The third-order valence-electron chi connectivity index (χ3n) is 4.69. The van der Waals surface area contributed by atoms with Crippen LogP contribution in [0, 0.1) is 5.92 Å². The van der Waals surface area contributed by atoms with E-state index in [1.807, 2.05) is 43.7 Å². The highest BCUT2D eigenvalue weighted by molar-refractivity contribution is 9.10. The molecule has 0 radical (unpaired) electrons. The van der Waals surface area contributed by atoms with E-state index in [1.54, 1.807) is 4.68 Å². The molecule has 0 bridgehead atoms. The summed E-state index contributed by atoms with van der Waals surface area (Å²) in [6, 6.07) is 7.81. The maximum absolute atomic E-state index is 12.7. The Balaban J connectivity index is 1.63. The van der Waals surface area contributed by atoms with Gasteiger partial charge in [0.25, 0.3) is 5.91 Å². The number of nitrogens with one attached hydrogen (secondary N) is 2. The summed E-state index contributed by atoms with van der Waals surface area (Å²) in [6.45, 7) is 2.15. The smallest absolute Gasteiger partial charge is 0.268 e. The predicted molar refractivity (Wildman–Crippen MR) is 92.1 cm³/mol. The standard InChI is InChI=1S/C17H17BrN4O/c1-10-7-17(10,12-8-19-22(2)9-12)21-16(23)15-6-11-5-13(18)3-4-14(11)20-15/h3-6,8-10,20H,7H2,1-2H3,(H,21,23)/t10-,17?/m0/s1. The first-order chi connectivity index (χ1) is 11.0. The van der Waals surface area contributed by atoms with Gasteiger partial charge in [0.2, 0.25) is 0 Å². The zero-order chi connectivity index (χ0) is 16.2. The third-order valence-corrected chi connectivity index (χ3v) is 5.19. The number of aryl methyl sites for hydroxylation is 1. The molecule has 0 spiro atoms. The minimum Gasteiger partial charge on any atom is -0.351 e. The van der Waals surface area contributed by atoms with Crippen LogP contribution in [0.5, 0.6) is 0 Å². The molecule has 2 aromatic heterocycles. The number of nitrogens with zero attached hydrogens (tertiary/aromatic N) is 2. The first kappa shape index (κ1) is 14.5. The van der Waals surface area contributed by atoms with Gasteiger partial charge >= 0.3 is 0 Å². The van der Waals surface area contributed by atoms with Gasteiger partial charge in [0.05, 0.1) is 11.7 Å². The number of carbonyl (C=O) groups is 1. The van der Waals surface area contributed by atoms with E-state index in [1.165, 1.54) is 0 Å². The number of amides is 1. The van der Waals surface area contributed by atoms with Gasteiger partial charge in [-0.15, -0.1) is 0 Å². The van der Waals surface area contributed by atoms with Crippen molar-refractivity contribution in [2.45, 2.75) is 18.9 Å². The van der Waals surface area contributed by atoms with E-state index in [-0.39, 0.29) is 11.4 Å². The summed E-state index contributed by atoms with van der Waals surface area (Å²) < 4.78 is 2.77. The Morgan fingerprint density at radius 2 is 2.26 bits per heavy atom. The van der Waals surface area contributed by atoms with Gasteiger partial charge in [-0.1, -0.05) is 22.9 Å². The number of hydrogen-bond acceptors (Lipinski definition) is 2. The molecule has 23 heavy (non-hydrogen) atoms. The largest absolute Gasteiger partial charge is 0.351 e. The van der Waals surface area contributed by atoms with Crippen molar-refractivity contribution in [3.63, 3.8) is 0 Å². The highest BCUT2D eigenvalue weighted by Gasteiger charge is 2.54. The molecule has 3 aromatic rings. The summed E-state index contributed by atoms with van der Waals surface area (Å²) in [5.41, 5.74) is 2.32. The molecule has 1 aromatic carbocycles. The van der Waals surface area contributed by atoms with Gasteiger partial charge in [-0.3, -0.25) is 9.48 Å². The number of rotatable bonds is 3. The van der Waals surface area contributed by atoms with Gasteiger partial charge in [-0.2, -0.15) is 5.10 Å². The normalized spacial score (nSPS) is 23.2. The topological polar surface area (TPSA) is 62.7 Å². The van der Waals surface area contributed by atoms with E-state index in [0.717, 1.165) is 27.4 Å². The average Bonchev–Trinajstić information content (AvgIpc) is 2.90. The molecular formula is C17H17BrN4O. The van der Waals surface area contributed by atoms with Crippen molar-refractivity contribution in [1.29, 1.82) is 0 Å². The molecule has 2 N–H and O–H groups in total. The molecule has 1 saturated carbocycles.